The Labute approximate surface area is 126 Å². The minimum atomic E-state index is -1.02. The Morgan fingerprint density at radius 3 is 2.71 bits per heavy atom. The summed E-state index contributed by atoms with van der Waals surface area (Å²) in [6.45, 7) is 0. The Bertz CT molecular complexity index is 546. The van der Waals surface area contributed by atoms with Crippen LogP contribution >= 0.6 is 11.6 Å². The average Bonchev–Trinajstić information content (AvgIpc) is 2.46. The Balaban J connectivity index is 2.24. The third-order valence-electron chi connectivity index (χ3n) is 3.71. The number of aliphatic carboxylic acids is 1. The van der Waals surface area contributed by atoms with Gasteiger partial charge in [0.15, 0.2) is 0 Å². The van der Waals surface area contributed by atoms with Gasteiger partial charge in [-0.15, -0.1) is 0 Å². The molecule has 2 rings (SSSR count). The first-order valence-corrected chi connectivity index (χ1v) is 7.16. The third kappa shape index (κ3) is 3.81. The lowest BCUT2D eigenvalue weighted by Crippen LogP contribution is -2.38. The average molecular weight is 314 g/mol. The van der Waals surface area contributed by atoms with Gasteiger partial charge in [-0.25, -0.2) is 9.78 Å². The second-order valence-corrected chi connectivity index (χ2v) is 5.57. The number of nitrogens with one attached hydrogen (secondary N) is 1. The molecule has 7 nitrogen and oxygen atoms in total. The van der Waals surface area contributed by atoms with Gasteiger partial charge >= 0.3 is 11.7 Å². The number of nitro groups is 1. The second-order valence-electron chi connectivity index (χ2n) is 5.14. The highest BCUT2D eigenvalue weighted by atomic mass is 35.5. The Morgan fingerprint density at radius 1 is 1.48 bits per heavy atom. The molecule has 1 saturated carbocycles. The van der Waals surface area contributed by atoms with Gasteiger partial charge in [0, 0.05) is 12.3 Å². The lowest BCUT2D eigenvalue weighted by molar-refractivity contribution is -0.384. The van der Waals surface area contributed by atoms with Crippen molar-refractivity contribution in [3.05, 3.63) is 27.4 Å². The molecule has 0 saturated heterocycles. The number of anilines is 1. The molecule has 1 aliphatic rings. The summed E-state index contributed by atoms with van der Waals surface area (Å²) in [5, 5.41) is 23.3. The molecule has 1 aliphatic carbocycles. The Hall–Kier alpha value is -1.89. The van der Waals surface area contributed by atoms with E-state index in [4.69, 9.17) is 11.6 Å². The standard InChI is InChI=1S/C13H16ClN3O4/c14-9-6-10(17(20)21)12(15-7-9)16-11(13(18)19)8-4-2-1-3-5-8/h6-8,11H,1-5H2,(H,15,16)(H,18,19). The van der Waals surface area contributed by atoms with Gasteiger partial charge in [0.05, 0.1) is 9.95 Å². The number of hydrogen-bond donors (Lipinski definition) is 2. The number of carbonyl (C=O) groups is 1. The van der Waals surface area contributed by atoms with Crippen LogP contribution in [0.5, 0.6) is 0 Å². The van der Waals surface area contributed by atoms with Gasteiger partial charge < -0.3 is 10.4 Å². The van der Waals surface area contributed by atoms with Gasteiger partial charge in [-0.3, -0.25) is 10.1 Å². The van der Waals surface area contributed by atoms with Crippen LogP contribution in [0.1, 0.15) is 32.1 Å². The normalized spacial score (nSPS) is 17.2. The van der Waals surface area contributed by atoms with E-state index >= 15 is 0 Å². The lowest BCUT2D eigenvalue weighted by atomic mass is 9.84. The molecular weight excluding hydrogens is 298 g/mol. The van der Waals surface area contributed by atoms with Crippen LogP contribution in [0.4, 0.5) is 11.5 Å². The molecule has 1 unspecified atom stereocenters. The van der Waals surface area contributed by atoms with E-state index in [1.807, 2.05) is 0 Å². The fraction of sp³-hybridized carbons (Fsp3) is 0.538. The van der Waals surface area contributed by atoms with Crippen LogP contribution in [-0.2, 0) is 4.79 Å². The van der Waals surface area contributed by atoms with Crippen LogP contribution in [0, 0.1) is 16.0 Å². The number of pyridine rings is 1. The summed E-state index contributed by atoms with van der Waals surface area (Å²) in [7, 11) is 0. The van der Waals surface area contributed by atoms with E-state index in [2.05, 4.69) is 10.3 Å². The Morgan fingerprint density at radius 2 is 2.14 bits per heavy atom. The minimum Gasteiger partial charge on any atom is -0.480 e. The summed E-state index contributed by atoms with van der Waals surface area (Å²) >= 11 is 5.70. The predicted octanol–water partition coefficient (Wildman–Crippen LogP) is 3.09. The fourth-order valence-electron chi connectivity index (χ4n) is 2.67. The number of aromatic nitrogens is 1. The predicted molar refractivity (Wildman–Crippen MR) is 77.5 cm³/mol. The topological polar surface area (TPSA) is 105 Å². The van der Waals surface area contributed by atoms with Gasteiger partial charge in [0.25, 0.3) is 0 Å². The Kier molecular flexibility index (Phi) is 4.95. The van der Waals surface area contributed by atoms with Crippen LogP contribution < -0.4 is 5.32 Å². The number of carboxylic acid groups (broad SMARTS) is 1. The van der Waals surface area contributed by atoms with E-state index in [-0.39, 0.29) is 22.4 Å². The first-order chi connectivity index (χ1) is 9.99. The highest BCUT2D eigenvalue weighted by Crippen LogP contribution is 2.31. The monoisotopic (exact) mass is 313 g/mol. The van der Waals surface area contributed by atoms with Crippen LogP contribution in [0.25, 0.3) is 0 Å². The second kappa shape index (κ2) is 6.71. The maximum atomic E-state index is 11.5. The zero-order valence-electron chi connectivity index (χ0n) is 11.3. The van der Waals surface area contributed by atoms with Crippen molar-refractivity contribution in [2.24, 2.45) is 5.92 Å². The van der Waals surface area contributed by atoms with E-state index in [9.17, 15) is 20.0 Å². The molecule has 21 heavy (non-hydrogen) atoms. The van der Waals surface area contributed by atoms with Crippen LogP contribution in [0.3, 0.4) is 0 Å². The number of carboxylic acids is 1. The molecule has 1 heterocycles. The molecule has 0 amide bonds. The molecule has 1 aromatic heterocycles. The molecule has 0 bridgehead atoms. The molecule has 8 heteroatoms. The van der Waals surface area contributed by atoms with Gasteiger partial charge in [-0.05, 0) is 18.8 Å². The minimum absolute atomic E-state index is 0.0478. The summed E-state index contributed by atoms with van der Waals surface area (Å²) in [4.78, 5) is 25.7. The fourth-order valence-corrected chi connectivity index (χ4v) is 2.83. The van der Waals surface area contributed by atoms with Crippen LogP contribution in [-0.4, -0.2) is 27.0 Å². The smallest absolute Gasteiger partial charge is 0.326 e. The summed E-state index contributed by atoms with van der Waals surface area (Å²) < 4.78 is 0. The van der Waals surface area contributed by atoms with Crippen molar-refractivity contribution < 1.29 is 14.8 Å². The van der Waals surface area contributed by atoms with E-state index < -0.39 is 16.9 Å². The molecule has 0 aliphatic heterocycles. The van der Waals surface area contributed by atoms with Gasteiger partial charge in [-0.1, -0.05) is 30.9 Å². The van der Waals surface area contributed by atoms with Crippen molar-refractivity contribution in [2.75, 3.05) is 5.32 Å². The van der Waals surface area contributed by atoms with Crippen LogP contribution in [0.2, 0.25) is 5.02 Å². The van der Waals surface area contributed by atoms with Gasteiger partial charge in [-0.2, -0.15) is 0 Å². The molecule has 0 radical (unpaired) electrons. The zero-order chi connectivity index (χ0) is 15.4. The first kappa shape index (κ1) is 15.5. The van der Waals surface area contributed by atoms with Crippen molar-refractivity contribution in [3.63, 3.8) is 0 Å². The number of hydrogen-bond acceptors (Lipinski definition) is 5. The molecule has 1 fully saturated rings. The lowest BCUT2D eigenvalue weighted by Gasteiger charge is -2.28. The number of rotatable bonds is 5. The highest BCUT2D eigenvalue weighted by Gasteiger charge is 2.31. The van der Waals surface area contributed by atoms with Crippen molar-refractivity contribution >= 4 is 29.1 Å². The van der Waals surface area contributed by atoms with Gasteiger partial charge in [0.1, 0.15) is 6.04 Å². The van der Waals surface area contributed by atoms with E-state index in [0.29, 0.717) is 0 Å². The largest absolute Gasteiger partial charge is 0.480 e. The van der Waals surface area contributed by atoms with E-state index in [0.717, 1.165) is 38.2 Å². The zero-order valence-corrected chi connectivity index (χ0v) is 12.0. The summed E-state index contributed by atoms with van der Waals surface area (Å²) in [5.74, 6) is -1.12. The quantitative estimate of drug-likeness (QED) is 0.639. The number of nitrogens with zero attached hydrogens (tertiary/aromatic N) is 2. The van der Waals surface area contributed by atoms with E-state index in [1.54, 1.807) is 0 Å². The third-order valence-corrected chi connectivity index (χ3v) is 3.92. The van der Waals surface area contributed by atoms with Crippen molar-refractivity contribution in [1.29, 1.82) is 0 Å². The first-order valence-electron chi connectivity index (χ1n) is 6.78. The maximum absolute atomic E-state index is 11.5. The molecule has 2 N–H and O–H groups in total. The highest BCUT2D eigenvalue weighted by molar-refractivity contribution is 6.30. The number of halogens is 1. The van der Waals surface area contributed by atoms with Crippen molar-refractivity contribution in [1.82, 2.24) is 4.98 Å². The van der Waals surface area contributed by atoms with Crippen LogP contribution in [0.15, 0.2) is 12.3 Å². The molecule has 1 atom stereocenters. The van der Waals surface area contributed by atoms with Crippen molar-refractivity contribution in [2.45, 2.75) is 38.1 Å². The SMILES string of the molecule is O=C(O)C(Nc1ncc(Cl)cc1[N+](=O)[O-])C1CCCCC1. The summed E-state index contributed by atoms with van der Waals surface area (Å²) in [5.41, 5.74) is -0.315. The molecule has 0 aromatic carbocycles. The van der Waals surface area contributed by atoms with Crippen molar-refractivity contribution in [3.8, 4) is 0 Å². The summed E-state index contributed by atoms with van der Waals surface area (Å²) in [6.07, 6.45) is 5.91. The molecule has 0 spiro atoms. The molecular formula is C13H16ClN3O4. The maximum Gasteiger partial charge on any atom is 0.326 e. The summed E-state index contributed by atoms with van der Waals surface area (Å²) in [6, 6.07) is 0.286. The van der Waals surface area contributed by atoms with Gasteiger partial charge in [0.2, 0.25) is 5.82 Å². The van der Waals surface area contributed by atoms with E-state index in [1.165, 1.54) is 6.20 Å². The molecule has 114 valence electrons. The molecule has 1 aromatic rings.